The monoisotopic (exact) mass is 228 g/mol. The minimum Gasteiger partial charge on any atom is -0.0958 e. The van der Waals surface area contributed by atoms with Gasteiger partial charge in [0.2, 0.25) is 0 Å². The van der Waals surface area contributed by atoms with Gasteiger partial charge >= 0.3 is 0 Å². The summed E-state index contributed by atoms with van der Waals surface area (Å²) in [6.45, 7) is 14.7. The van der Waals surface area contributed by atoms with Gasteiger partial charge < -0.3 is 0 Å². The van der Waals surface area contributed by atoms with Crippen molar-refractivity contribution in [1.82, 2.24) is 0 Å². The molecule has 0 spiro atoms. The second-order valence-electron chi connectivity index (χ2n) is 4.96. The van der Waals surface area contributed by atoms with Crippen LogP contribution >= 0.6 is 0 Å². The minimum atomic E-state index is 0.663. The molecule has 0 aromatic heterocycles. The van der Waals surface area contributed by atoms with E-state index in [2.05, 4.69) is 58.2 Å². The van der Waals surface area contributed by atoms with Crippen molar-refractivity contribution in [2.75, 3.05) is 0 Å². The molecule has 17 heavy (non-hydrogen) atoms. The fourth-order valence-electron chi connectivity index (χ4n) is 1.85. The summed E-state index contributed by atoms with van der Waals surface area (Å²) in [5.74, 6) is 0.663. The van der Waals surface area contributed by atoms with Gasteiger partial charge in [-0.25, -0.2) is 0 Å². The van der Waals surface area contributed by atoms with Crippen LogP contribution in [0.4, 0.5) is 0 Å². The Balaban J connectivity index is 2.67. The first-order valence-electron chi connectivity index (χ1n) is 6.49. The van der Waals surface area contributed by atoms with Crippen molar-refractivity contribution in [3.63, 3.8) is 0 Å². The second-order valence-corrected chi connectivity index (χ2v) is 4.96. The van der Waals surface area contributed by atoms with Gasteiger partial charge in [-0.1, -0.05) is 69.4 Å². The Bertz CT molecular complexity index is 386. The van der Waals surface area contributed by atoms with Gasteiger partial charge in [-0.15, -0.1) is 0 Å². The van der Waals surface area contributed by atoms with E-state index in [0.717, 1.165) is 24.0 Å². The van der Waals surface area contributed by atoms with Crippen LogP contribution in [0, 0.1) is 5.92 Å². The van der Waals surface area contributed by atoms with Gasteiger partial charge in [0.15, 0.2) is 0 Å². The summed E-state index contributed by atoms with van der Waals surface area (Å²) in [4.78, 5) is 0. The molecule has 0 heteroatoms. The van der Waals surface area contributed by atoms with Gasteiger partial charge in [0.25, 0.3) is 0 Å². The summed E-state index contributed by atoms with van der Waals surface area (Å²) in [6.07, 6.45) is 11.9. The van der Waals surface area contributed by atoms with E-state index in [1.54, 1.807) is 5.57 Å². The lowest BCUT2D eigenvalue weighted by Crippen LogP contribution is -2.00. The zero-order valence-corrected chi connectivity index (χ0v) is 11.4. The normalized spacial score (nSPS) is 16.0. The van der Waals surface area contributed by atoms with Crippen LogP contribution < -0.4 is 0 Å². The van der Waals surface area contributed by atoms with Crippen molar-refractivity contribution in [2.45, 2.75) is 40.0 Å². The van der Waals surface area contributed by atoms with E-state index in [4.69, 9.17) is 0 Å². The Kier molecular flexibility index (Phi) is 5.21. The maximum absolute atomic E-state index is 4.13. The molecule has 92 valence electrons. The molecule has 0 nitrogen and oxygen atoms in total. The Morgan fingerprint density at radius 3 is 2.41 bits per heavy atom. The average molecular weight is 228 g/mol. The van der Waals surface area contributed by atoms with Gasteiger partial charge in [0, 0.05) is 0 Å². The van der Waals surface area contributed by atoms with Crippen LogP contribution in [0.15, 0.2) is 59.8 Å². The molecular formula is C17H24. The summed E-state index contributed by atoms with van der Waals surface area (Å²) < 4.78 is 0. The predicted octanol–water partition coefficient (Wildman–Crippen LogP) is 5.37. The van der Waals surface area contributed by atoms with E-state index in [1.165, 1.54) is 12.0 Å². The van der Waals surface area contributed by atoms with E-state index in [9.17, 15) is 0 Å². The molecule has 0 N–H and O–H groups in total. The van der Waals surface area contributed by atoms with Crippen LogP contribution in [0.2, 0.25) is 0 Å². The predicted molar refractivity (Wildman–Crippen MR) is 77.9 cm³/mol. The van der Waals surface area contributed by atoms with Crippen molar-refractivity contribution in [3.8, 4) is 0 Å². The molecule has 1 rings (SSSR count). The van der Waals surface area contributed by atoms with Gasteiger partial charge in [0.1, 0.15) is 0 Å². The molecule has 0 heterocycles. The maximum Gasteiger partial charge on any atom is -0.0236 e. The van der Waals surface area contributed by atoms with Gasteiger partial charge in [-0.3, -0.25) is 0 Å². The van der Waals surface area contributed by atoms with Crippen molar-refractivity contribution in [1.29, 1.82) is 0 Å². The molecule has 0 fully saturated rings. The van der Waals surface area contributed by atoms with Crippen molar-refractivity contribution < 1.29 is 0 Å². The van der Waals surface area contributed by atoms with Crippen molar-refractivity contribution in [2.24, 2.45) is 5.92 Å². The van der Waals surface area contributed by atoms with Crippen molar-refractivity contribution >= 4 is 0 Å². The smallest absolute Gasteiger partial charge is 0.0236 e. The minimum absolute atomic E-state index is 0.663. The lowest BCUT2D eigenvalue weighted by molar-refractivity contribution is 0.702. The standard InChI is InChI=1S/C17H24/c1-6-14(4)7-8-15(5)17-11-9-16(10-12-17)13(2)3/h7-9,11,13H,4-6,10,12H2,1-3H3/b8-7-. The molecule has 0 amide bonds. The first-order chi connectivity index (χ1) is 8.04. The zero-order valence-electron chi connectivity index (χ0n) is 11.4. The summed E-state index contributed by atoms with van der Waals surface area (Å²) in [5, 5.41) is 0. The largest absolute Gasteiger partial charge is 0.0958 e. The molecule has 0 bridgehead atoms. The maximum atomic E-state index is 4.13. The first kappa shape index (κ1) is 13.8. The topological polar surface area (TPSA) is 0 Å². The molecule has 0 unspecified atom stereocenters. The highest BCUT2D eigenvalue weighted by Gasteiger charge is 2.09. The van der Waals surface area contributed by atoms with Crippen LogP contribution in [0.1, 0.15) is 40.0 Å². The summed E-state index contributed by atoms with van der Waals surface area (Å²) in [5.41, 5.74) is 5.18. The van der Waals surface area contributed by atoms with E-state index in [-0.39, 0.29) is 0 Å². The van der Waals surface area contributed by atoms with E-state index >= 15 is 0 Å². The fraction of sp³-hybridized carbons (Fsp3) is 0.412. The summed E-state index contributed by atoms with van der Waals surface area (Å²) in [6, 6.07) is 0. The molecule has 0 aromatic carbocycles. The van der Waals surface area contributed by atoms with Crippen LogP contribution in [-0.4, -0.2) is 0 Å². The van der Waals surface area contributed by atoms with Crippen LogP contribution in [0.25, 0.3) is 0 Å². The Morgan fingerprint density at radius 2 is 1.94 bits per heavy atom. The number of allylic oxidation sites excluding steroid dienone is 8. The van der Waals surface area contributed by atoms with Crippen LogP contribution in [-0.2, 0) is 0 Å². The third-order valence-electron chi connectivity index (χ3n) is 3.31. The molecule has 0 aliphatic heterocycles. The first-order valence-corrected chi connectivity index (χ1v) is 6.49. The van der Waals surface area contributed by atoms with Crippen LogP contribution in [0.3, 0.4) is 0 Å². The quantitative estimate of drug-likeness (QED) is 0.555. The number of hydrogen-bond donors (Lipinski definition) is 0. The van der Waals surface area contributed by atoms with E-state index in [0.29, 0.717) is 5.92 Å². The van der Waals surface area contributed by atoms with Crippen molar-refractivity contribution in [3.05, 3.63) is 59.8 Å². The lowest BCUT2D eigenvalue weighted by Gasteiger charge is -2.17. The third-order valence-corrected chi connectivity index (χ3v) is 3.31. The Morgan fingerprint density at radius 1 is 1.24 bits per heavy atom. The molecule has 1 aliphatic carbocycles. The fourth-order valence-corrected chi connectivity index (χ4v) is 1.85. The number of hydrogen-bond acceptors (Lipinski definition) is 0. The molecule has 0 atom stereocenters. The molecule has 0 aromatic rings. The molecular weight excluding hydrogens is 204 g/mol. The Hall–Kier alpha value is -1.30. The summed E-state index contributed by atoms with van der Waals surface area (Å²) in [7, 11) is 0. The van der Waals surface area contributed by atoms with E-state index in [1.807, 2.05) is 0 Å². The molecule has 0 radical (unpaired) electrons. The highest BCUT2D eigenvalue weighted by Crippen LogP contribution is 2.27. The average Bonchev–Trinajstić information content (AvgIpc) is 2.35. The highest BCUT2D eigenvalue weighted by molar-refractivity contribution is 5.44. The highest BCUT2D eigenvalue weighted by atomic mass is 14.1. The summed E-state index contributed by atoms with van der Waals surface area (Å²) >= 11 is 0. The van der Waals surface area contributed by atoms with Gasteiger partial charge in [-0.05, 0) is 36.3 Å². The lowest BCUT2D eigenvalue weighted by atomic mass is 9.88. The van der Waals surface area contributed by atoms with Gasteiger partial charge in [-0.2, -0.15) is 0 Å². The third kappa shape index (κ3) is 4.22. The number of rotatable bonds is 5. The zero-order chi connectivity index (χ0) is 12.8. The Labute approximate surface area is 106 Å². The van der Waals surface area contributed by atoms with E-state index < -0.39 is 0 Å². The molecule has 0 saturated heterocycles. The molecule has 1 aliphatic rings. The SMILES string of the molecule is C=C(/C=C\C(=C)C1=CC=C(C(C)C)CC1)CC. The molecule has 0 saturated carbocycles. The second kappa shape index (κ2) is 6.44. The van der Waals surface area contributed by atoms with Gasteiger partial charge in [0.05, 0.1) is 0 Å². The van der Waals surface area contributed by atoms with Crippen LogP contribution in [0.5, 0.6) is 0 Å².